The summed E-state index contributed by atoms with van der Waals surface area (Å²) in [6, 6.07) is 15.6. The Labute approximate surface area is 156 Å². The summed E-state index contributed by atoms with van der Waals surface area (Å²) in [6.07, 6.45) is -3.67. The van der Waals surface area contributed by atoms with Gasteiger partial charge in [0, 0.05) is 6.07 Å². The van der Waals surface area contributed by atoms with Crippen LogP contribution in [0.1, 0.15) is 25.0 Å². The Morgan fingerprint density at radius 1 is 0.704 bits per heavy atom. The van der Waals surface area contributed by atoms with Crippen LogP contribution in [0.5, 0.6) is 5.75 Å². The Balaban J connectivity index is 0.00000126. The average Bonchev–Trinajstić information content (AvgIpc) is 2.67. The van der Waals surface area contributed by atoms with E-state index in [2.05, 4.69) is 4.74 Å². The molecule has 3 aromatic rings. The van der Waals surface area contributed by atoms with E-state index in [4.69, 9.17) is 0 Å². The summed E-state index contributed by atoms with van der Waals surface area (Å²) in [7, 11) is 0. The van der Waals surface area contributed by atoms with Crippen LogP contribution in [-0.2, 0) is 6.11 Å². The largest absolute Gasteiger partial charge is 0.429 e. The molecule has 0 aliphatic heterocycles. The topological polar surface area (TPSA) is 9.23 Å². The number of hydrogen-bond donors (Lipinski definition) is 0. The van der Waals surface area contributed by atoms with Crippen molar-refractivity contribution in [2.45, 2.75) is 26.9 Å². The second-order valence-electron chi connectivity index (χ2n) is 5.64. The fraction of sp³-hybridized carbons (Fsp3) is 0.182. The summed E-state index contributed by atoms with van der Waals surface area (Å²) in [5, 5.41) is 0. The average molecular weight is 376 g/mol. The minimum absolute atomic E-state index is 0.381. The maximum atomic E-state index is 14.2. The molecule has 0 aliphatic carbocycles. The van der Waals surface area contributed by atoms with E-state index in [1.165, 1.54) is 12.1 Å². The minimum Gasteiger partial charge on any atom is -0.429 e. The first-order valence-electron chi connectivity index (χ1n) is 8.54. The number of hydrogen-bond acceptors (Lipinski definition) is 1. The van der Waals surface area contributed by atoms with E-state index < -0.39 is 23.5 Å². The van der Waals surface area contributed by atoms with E-state index in [9.17, 15) is 17.6 Å². The van der Waals surface area contributed by atoms with Crippen LogP contribution in [0.4, 0.5) is 17.6 Å². The first-order chi connectivity index (χ1) is 12.8. The van der Waals surface area contributed by atoms with E-state index >= 15 is 0 Å². The van der Waals surface area contributed by atoms with Crippen LogP contribution in [0.2, 0.25) is 0 Å². The van der Waals surface area contributed by atoms with Gasteiger partial charge in [-0.05, 0) is 42.3 Å². The molecule has 0 spiro atoms. The van der Waals surface area contributed by atoms with Crippen molar-refractivity contribution in [2.75, 3.05) is 0 Å². The van der Waals surface area contributed by atoms with Gasteiger partial charge in [0.25, 0.3) is 0 Å². The molecule has 0 N–H and O–H groups in total. The van der Waals surface area contributed by atoms with Gasteiger partial charge < -0.3 is 4.74 Å². The Morgan fingerprint density at radius 3 is 1.74 bits per heavy atom. The van der Waals surface area contributed by atoms with Crippen LogP contribution in [0.15, 0.2) is 66.7 Å². The highest BCUT2D eigenvalue weighted by molar-refractivity contribution is 5.64. The second-order valence-corrected chi connectivity index (χ2v) is 5.64. The fourth-order valence-corrected chi connectivity index (χ4v) is 2.35. The van der Waals surface area contributed by atoms with Gasteiger partial charge >= 0.3 is 6.11 Å². The molecule has 1 nitrogen and oxygen atoms in total. The third kappa shape index (κ3) is 5.09. The van der Waals surface area contributed by atoms with Gasteiger partial charge in [0.2, 0.25) is 0 Å². The summed E-state index contributed by atoms with van der Waals surface area (Å²) in [4.78, 5) is 0. The summed E-state index contributed by atoms with van der Waals surface area (Å²) >= 11 is 0. The monoisotopic (exact) mass is 376 g/mol. The lowest BCUT2D eigenvalue weighted by molar-refractivity contribution is -0.185. The first-order valence-corrected chi connectivity index (χ1v) is 8.54. The number of alkyl halides is 2. The molecule has 0 saturated heterocycles. The molecule has 0 heterocycles. The van der Waals surface area contributed by atoms with Crippen molar-refractivity contribution < 1.29 is 22.3 Å². The van der Waals surface area contributed by atoms with Gasteiger partial charge in [0.05, 0.1) is 5.56 Å². The fourth-order valence-electron chi connectivity index (χ4n) is 2.35. The van der Waals surface area contributed by atoms with Crippen molar-refractivity contribution >= 4 is 0 Å². The maximum Gasteiger partial charge on any atom is 0.426 e. The smallest absolute Gasteiger partial charge is 0.426 e. The second kappa shape index (κ2) is 8.71. The maximum absolute atomic E-state index is 14.2. The molecule has 0 aromatic heterocycles. The molecular formula is C22H20F4O. The molecule has 0 saturated carbocycles. The Morgan fingerprint density at radius 2 is 1.22 bits per heavy atom. The Bertz CT molecular complexity index is 872. The minimum atomic E-state index is -3.67. The molecule has 0 fully saturated rings. The van der Waals surface area contributed by atoms with Crippen LogP contribution in [0.3, 0.4) is 0 Å². The molecule has 0 bridgehead atoms. The molecule has 0 unspecified atom stereocenters. The van der Waals surface area contributed by atoms with Crippen LogP contribution >= 0.6 is 0 Å². The van der Waals surface area contributed by atoms with Gasteiger partial charge in [-0.3, -0.25) is 0 Å². The normalized spacial score (nSPS) is 10.8. The SMILES string of the molecule is CC.Cc1ccc(-c2ccc(C(F)(F)Oc3ccc(F)c(F)c3)cc2)cc1. The van der Waals surface area contributed by atoms with E-state index in [-0.39, 0.29) is 5.56 Å². The molecule has 0 atom stereocenters. The lowest BCUT2D eigenvalue weighted by atomic mass is 10.0. The Hall–Kier alpha value is -2.82. The summed E-state index contributed by atoms with van der Waals surface area (Å²) in [5.41, 5.74) is 2.41. The third-order valence-electron chi connectivity index (χ3n) is 3.74. The molecule has 142 valence electrons. The number of ether oxygens (including phenoxy) is 1. The first kappa shape index (κ1) is 20.5. The summed E-state index contributed by atoms with van der Waals surface area (Å²) in [5.74, 6) is -2.83. The number of rotatable bonds is 4. The molecule has 0 amide bonds. The quantitative estimate of drug-likeness (QED) is 0.442. The van der Waals surface area contributed by atoms with Crippen LogP contribution in [0.25, 0.3) is 11.1 Å². The van der Waals surface area contributed by atoms with Crippen molar-refractivity contribution in [2.24, 2.45) is 0 Å². The van der Waals surface area contributed by atoms with Crippen LogP contribution < -0.4 is 4.74 Å². The van der Waals surface area contributed by atoms with E-state index in [0.29, 0.717) is 6.07 Å². The molecule has 27 heavy (non-hydrogen) atoms. The molecule has 0 aliphatic rings. The molecular weight excluding hydrogens is 356 g/mol. The van der Waals surface area contributed by atoms with Crippen molar-refractivity contribution in [3.8, 4) is 16.9 Å². The molecule has 3 rings (SSSR count). The zero-order valence-electron chi connectivity index (χ0n) is 15.3. The number of halogens is 4. The van der Waals surface area contributed by atoms with Gasteiger partial charge in [0.15, 0.2) is 11.6 Å². The predicted octanol–water partition coefficient (Wildman–Crippen LogP) is 7.09. The molecule has 0 radical (unpaired) electrons. The third-order valence-corrected chi connectivity index (χ3v) is 3.74. The van der Waals surface area contributed by atoms with E-state index in [1.807, 2.05) is 45.0 Å². The van der Waals surface area contributed by atoms with Gasteiger partial charge in [-0.15, -0.1) is 0 Å². The van der Waals surface area contributed by atoms with Gasteiger partial charge in [0.1, 0.15) is 5.75 Å². The highest BCUT2D eigenvalue weighted by Gasteiger charge is 2.34. The van der Waals surface area contributed by atoms with E-state index in [0.717, 1.165) is 28.8 Å². The zero-order chi connectivity index (χ0) is 20.0. The lowest BCUT2D eigenvalue weighted by Gasteiger charge is -2.18. The summed E-state index contributed by atoms with van der Waals surface area (Å²) in [6.45, 7) is 5.96. The predicted molar refractivity (Wildman–Crippen MR) is 98.8 cm³/mol. The molecule has 5 heteroatoms. The highest BCUT2D eigenvalue weighted by Crippen LogP contribution is 2.33. The van der Waals surface area contributed by atoms with Gasteiger partial charge in [-0.1, -0.05) is 55.8 Å². The lowest BCUT2D eigenvalue weighted by Crippen LogP contribution is -2.21. The van der Waals surface area contributed by atoms with Crippen molar-refractivity contribution in [1.82, 2.24) is 0 Å². The van der Waals surface area contributed by atoms with Crippen molar-refractivity contribution in [3.63, 3.8) is 0 Å². The molecule has 3 aromatic carbocycles. The van der Waals surface area contributed by atoms with Gasteiger partial charge in [-0.25, -0.2) is 8.78 Å². The Kier molecular flexibility index (Phi) is 6.61. The standard InChI is InChI=1S/C20H14F4O.C2H6/c1-13-2-4-14(5-3-13)15-6-8-16(9-7-15)20(23,24)25-17-10-11-18(21)19(22)12-17;1-2/h2-12H,1H3;1-2H3. The van der Waals surface area contributed by atoms with Gasteiger partial charge in [-0.2, -0.15) is 8.78 Å². The van der Waals surface area contributed by atoms with Crippen LogP contribution in [-0.4, -0.2) is 0 Å². The van der Waals surface area contributed by atoms with Crippen molar-refractivity contribution in [1.29, 1.82) is 0 Å². The number of aryl methyl sites for hydroxylation is 1. The summed E-state index contributed by atoms with van der Waals surface area (Å²) < 4.78 is 59.0. The van der Waals surface area contributed by atoms with Crippen LogP contribution in [0, 0.1) is 18.6 Å². The highest BCUT2D eigenvalue weighted by atomic mass is 19.3. The van der Waals surface area contributed by atoms with Crippen molar-refractivity contribution in [3.05, 3.63) is 89.5 Å². The number of benzene rings is 3. The van der Waals surface area contributed by atoms with E-state index in [1.54, 1.807) is 12.1 Å². The zero-order valence-corrected chi connectivity index (χ0v) is 15.3.